The summed E-state index contributed by atoms with van der Waals surface area (Å²) in [4.78, 5) is 29.3. The number of aromatic carboxylic acids is 2. The maximum atomic E-state index is 11.0. The number of hydrogen-bond acceptors (Lipinski definition) is 3. The van der Waals surface area contributed by atoms with Crippen LogP contribution >= 0.6 is 0 Å². The molecule has 1 aromatic heterocycles. The Morgan fingerprint density at radius 1 is 0.952 bits per heavy atom. The normalized spacial score (nSPS) is 10.7. The van der Waals surface area contributed by atoms with Gasteiger partial charge in [0.1, 0.15) is 5.82 Å². The first-order valence-corrected chi connectivity index (χ1v) is 6.11. The van der Waals surface area contributed by atoms with Gasteiger partial charge in [-0.1, -0.05) is 12.1 Å². The molecule has 0 saturated heterocycles. The average molecular weight is 282 g/mol. The van der Waals surface area contributed by atoms with Crippen molar-refractivity contribution < 1.29 is 19.8 Å². The molecular formula is C15H10N2O4. The van der Waals surface area contributed by atoms with Crippen molar-refractivity contribution >= 4 is 23.0 Å². The van der Waals surface area contributed by atoms with Gasteiger partial charge in [-0.05, 0) is 30.3 Å². The molecule has 0 fully saturated rings. The maximum absolute atomic E-state index is 11.0. The van der Waals surface area contributed by atoms with Crippen LogP contribution in [0.5, 0.6) is 0 Å². The number of carboxylic acids is 2. The molecule has 6 nitrogen and oxygen atoms in total. The fourth-order valence-corrected chi connectivity index (χ4v) is 2.08. The van der Waals surface area contributed by atoms with E-state index in [1.54, 1.807) is 18.2 Å². The van der Waals surface area contributed by atoms with E-state index >= 15 is 0 Å². The quantitative estimate of drug-likeness (QED) is 0.685. The molecular weight excluding hydrogens is 272 g/mol. The van der Waals surface area contributed by atoms with Gasteiger partial charge < -0.3 is 15.2 Å². The van der Waals surface area contributed by atoms with E-state index in [1.165, 1.54) is 24.3 Å². The SMILES string of the molecule is O=C(O)c1cccc(-c2nc3cc(C(=O)O)ccc3[nH]2)c1. The third-order valence-corrected chi connectivity index (χ3v) is 3.11. The van der Waals surface area contributed by atoms with E-state index in [0.29, 0.717) is 22.4 Å². The summed E-state index contributed by atoms with van der Waals surface area (Å²) >= 11 is 0. The Balaban J connectivity index is 2.10. The molecule has 0 amide bonds. The lowest BCUT2D eigenvalue weighted by Crippen LogP contribution is -1.96. The molecule has 3 rings (SSSR count). The van der Waals surface area contributed by atoms with Crippen LogP contribution in [-0.4, -0.2) is 32.1 Å². The van der Waals surface area contributed by atoms with E-state index in [0.717, 1.165) is 0 Å². The maximum Gasteiger partial charge on any atom is 0.335 e. The van der Waals surface area contributed by atoms with Gasteiger partial charge in [0, 0.05) is 5.56 Å². The Labute approximate surface area is 118 Å². The van der Waals surface area contributed by atoms with Crippen molar-refractivity contribution in [2.75, 3.05) is 0 Å². The molecule has 21 heavy (non-hydrogen) atoms. The Hall–Kier alpha value is -3.15. The molecule has 3 aromatic rings. The molecule has 6 heteroatoms. The third-order valence-electron chi connectivity index (χ3n) is 3.11. The zero-order chi connectivity index (χ0) is 15.0. The number of hydrogen-bond donors (Lipinski definition) is 3. The molecule has 2 aromatic carbocycles. The Kier molecular flexibility index (Phi) is 2.91. The highest BCUT2D eigenvalue weighted by Crippen LogP contribution is 2.22. The van der Waals surface area contributed by atoms with Crippen molar-refractivity contribution in [3.8, 4) is 11.4 Å². The second-order valence-corrected chi connectivity index (χ2v) is 4.51. The Bertz CT molecular complexity index is 867. The van der Waals surface area contributed by atoms with Gasteiger partial charge in [0.15, 0.2) is 0 Å². The van der Waals surface area contributed by atoms with Crippen molar-refractivity contribution in [2.45, 2.75) is 0 Å². The number of carboxylic acid groups (broad SMARTS) is 2. The van der Waals surface area contributed by atoms with E-state index in [4.69, 9.17) is 10.2 Å². The predicted molar refractivity (Wildman–Crippen MR) is 75.4 cm³/mol. The molecule has 0 radical (unpaired) electrons. The van der Waals surface area contributed by atoms with Gasteiger partial charge in [0.2, 0.25) is 0 Å². The summed E-state index contributed by atoms with van der Waals surface area (Å²) in [5.41, 5.74) is 2.16. The zero-order valence-electron chi connectivity index (χ0n) is 10.7. The number of H-pyrrole nitrogens is 1. The molecule has 0 spiro atoms. The third kappa shape index (κ3) is 2.34. The van der Waals surface area contributed by atoms with Crippen LogP contribution in [0.4, 0.5) is 0 Å². The fourth-order valence-electron chi connectivity index (χ4n) is 2.08. The minimum absolute atomic E-state index is 0.153. The standard InChI is InChI=1S/C15H10N2O4/c18-14(19)9-3-1-2-8(6-9)13-16-11-5-4-10(15(20)21)7-12(11)17-13/h1-7H,(H,16,17)(H,18,19)(H,20,21). The van der Waals surface area contributed by atoms with E-state index in [2.05, 4.69) is 9.97 Å². The highest BCUT2D eigenvalue weighted by Gasteiger charge is 2.10. The summed E-state index contributed by atoms with van der Waals surface area (Å²) < 4.78 is 0. The van der Waals surface area contributed by atoms with Gasteiger partial charge in [-0.2, -0.15) is 0 Å². The Morgan fingerprint density at radius 3 is 2.38 bits per heavy atom. The van der Waals surface area contributed by atoms with E-state index in [-0.39, 0.29) is 11.1 Å². The molecule has 0 atom stereocenters. The summed E-state index contributed by atoms with van der Waals surface area (Å²) in [5, 5.41) is 18.0. The number of rotatable bonds is 3. The van der Waals surface area contributed by atoms with Crippen LogP contribution in [0.25, 0.3) is 22.4 Å². The molecule has 104 valence electrons. The van der Waals surface area contributed by atoms with Crippen LogP contribution in [0.1, 0.15) is 20.7 Å². The lowest BCUT2D eigenvalue weighted by atomic mass is 10.1. The predicted octanol–water partition coefficient (Wildman–Crippen LogP) is 2.63. The van der Waals surface area contributed by atoms with Crippen LogP contribution in [0.3, 0.4) is 0 Å². The topological polar surface area (TPSA) is 103 Å². The second kappa shape index (κ2) is 4.75. The van der Waals surface area contributed by atoms with Crippen LogP contribution in [0.2, 0.25) is 0 Å². The fraction of sp³-hybridized carbons (Fsp3) is 0. The van der Waals surface area contributed by atoms with Gasteiger partial charge in [-0.3, -0.25) is 0 Å². The lowest BCUT2D eigenvalue weighted by molar-refractivity contribution is 0.0686. The van der Waals surface area contributed by atoms with Crippen molar-refractivity contribution in [3.63, 3.8) is 0 Å². The first kappa shape index (κ1) is 12.9. The largest absolute Gasteiger partial charge is 0.478 e. The number of aromatic nitrogens is 2. The van der Waals surface area contributed by atoms with E-state index in [9.17, 15) is 9.59 Å². The second-order valence-electron chi connectivity index (χ2n) is 4.51. The minimum Gasteiger partial charge on any atom is -0.478 e. The lowest BCUT2D eigenvalue weighted by Gasteiger charge is -1.98. The Morgan fingerprint density at radius 2 is 1.67 bits per heavy atom. The van der Waals surface area contributed by atoms with E-state index < -0.39 is 11.9 Å². The van der Waals surface area contributed by atoms with Gasteiger partial charge >= 0.3 is 11.9 Å². The first-order valence-electron chi connectivity index (χ1n) is 6.11. The molecule has 0 unspecified atom stereocenters. The molecule has 0 saturated carbocycles. The van der Waals surface area contributed by atoms with Crippen LogP contribution in [-0.2, 0) is 0 Å². The van der Waals surface area contributed by atoms with E-state index in [1.807, 2.05) is 0 Å². The van der Waals surface area contributed by atoms with Crippen molar-refractivity contribution in [2.24, 2.45) is 0 Å². The number of imidazole rings is 1. The minimum atomic E-state index is -1.02. The number of aromatic amines is 1. The number of nitrogens with one attached hydrogen (secondary N) is 1. The number of nitrogens with zero attached hydrogens (tertiary/aromatic N) is 1. The first-order chi connectivity index (χ1) is 10.0. The summed E-state index contributed by atoms with van der Waals surface area (Å²) in [6.07, 6.45) is 0. The molecule has 0 aliphatic carbocycles. The summed E-state index contributed by atoms with van der Waals surface area (Å²) in [5.74, 6) is -1.54. The summed E-state index contributed by atoms with van der Waals surface area (Å²) in [6.45, 7) is 0. The molecule has 0 aliphatic rings. The molecule has 1 heterocycles. The van der Waals surface area contributed by atoms with Gasteiger partial charge in [-0.15, -0.1) is 0 Å². The van der Waals surface area contributed by atoms with Crippen molar-refractivity contribution in [3.05, 3.63) is 53.6 Å². The van der Waals surface area contributed by atoms with Crippen molar-refractivity contribution in [1.29, 1.82) is 0 Å². The highest BCUT2D eigenvalue weighted by atomic mass is 16.4. The van der Waals surface area contributed by atoms with Crippen molar-refractivity contribution in [1.82, 2.24) is 9.97 Å². The number of carbonyl (C=O) groups is 2. The number of fused-ring (bicyclic) bond motifs is 1. The van der Waals surface area contributed by atoms with Gasteiger partial charge in [0.05, 0.1) is 22.2 Å². The molecule has 3 N–H and O–H groups in total. The molecule has 0 aliphatic heterocycles. The molecule has 0 bridgehead atoms. The average Bonchev–Trinajstić information content (AvgIpc) is 2.90. The van der Waals surface area contributed by atoms with Gasteiger partial charge in [0.25, 0.3) is 0 Å². The van der Waals surface area contributed by atoms with Crippen LogP contribution in [0.15, 0.2) is 42.5 Å². The summed E-state index contributed by atoms with van der Waals surface area (Å²) in [6, 6.07) is 11.0. The highest BCUT2D eigenvalue weighted by molar-refractivity contribution is 5.93. The summed E-state index contributed by atoms with van der Waals surface area (Å²) in [7, 11) is 0. The smallest absolute Gasteiger partial charge is 0.335 e. The van der Waals surface area contributed by atoms with Crippen LogP contribution in [0, 0.1) is 0 Å². The van der Waals surface area contributed by atoms with Crippen LogP contribution < -0.4 is 0 Å². The number of benzene rings is 2. The zero-order valence-corrected chi connectivity index (χ0v) is 10.7. The van der Waals surface area contributed by atoms with Gasteiger partial charge in [-0.25, -0.2) is 14.6 Å². The monoisotopic (exact) mass is 282 g/mol.